The zero-order valence-electron chi connectivity index (χ0n) is 32.1. The van der Waals surface area contributed by atoms with Crippen molar-refractivity contribution in [2.75, 3.05) is 0 Å². The van der Waals surface area contributed by atoms with Crippen LogP contribution in [-0.4, -0.2) is 95.0 Å². The summed E-state index contributed by atoms with van der Waals surface area (Å²) < 4.78 is 4.76. The van der Waals surface area contributed by atoms with Crippen molar-refractivity contribution in [3.05, 3.63) is 106 Å². The lowest BCUT2D eigenvalue weighted by Gasteiger charge is -2.27. The number of fused-ring (bicyclic) bond motifs is 3. The monoisotopic (exact) mass is 909 g/mol. The number of ether oxygens (including phenoxy) is 1. The number of alkyl halides is 1. The molecule has 14 nitrogen and oxygen atoms in total. The summed E-state index contributed by atoms with van der Waals surface area (Å²) in [4.78, 5) is 111. The minimum Gasteiger partial charge on any atom is -0.480 e. The predicted octanol–water partition coefficient (Wildman–Crippen LogP) is 6.21. The van der Waals surface area contributed by atoms with E-state index in [1.165, 1.54) is 12.1 Å². The van der Waals surface area contributed by atoms with Crippen LogP contribution in [0.2, 0.25) is 0 Å². The molecule has 3 aliphatic heterocycles. The molecular weight excluding hydrogens is 870 g/mol. The lowest BCUT2D eigenvalue weighted by Crippen LogP contribution is -2.49. The van der Waals surface area contributed by atoms with Gasteiger partial charge in [-0.1, -0.05) is 77.9 Å². The Morgan fingerprint density at radius 3 is 0.947 bits per heavy atom. The van der Waals surface area contributed by atoms with E-state index in [0.29, 0.717) is 22.3 Å². The van der Waals surface area contributed by atoms with E-state index in [1.54, 1.807) is 109 Å². The van der Waals surface area contributed by atoms with E-state index in [0.717, 1.165) is 14.7 Å². The average molecular weight is 912 g/mol. The number of hydrogen-bond donors (Lipinski definition) is 1. The predicted molar refractivity (Wildman–Crippen MR) is 213 cm³/mol. The van der Waals surface area contributed by atoms with Crippen LogP contribution in [0.15, 0.2) is 72.8 Å². The number of aliphatic carboxylic acids is 1. The third-order valence-corrected chi connectivity index (χ3v) is 9.87. The summed E-state index contributed by atoms with van der Waals surface area (Å²) in [6.07, 6.45) is 0. The van der Waals surface area contributed by atoms with Crippen LogP contribution in [0.3, 0.4) is 0 Å². The molecule has 0 spiro atoms. The quantitative estimate of drug-likeness (QED) is 0.105. The van der Waals surface area contributed by atoms with Crippen molar-refractivity contribution < 1.29 is 53.0 Å². The molecule has 57 heavy (non-hydrogen) atoms. The van der Waals surface area contributed by atoms with Crippen molar-refractivity contribution in [3.63, 3.8) is 0 Å². The summed E-state index contributed by atoms with van der Waals surface area (Å²) in [6, 6.07) is 16.7. The number of imide groups is 3. The smallest absolute Gasteiger partial charge is 0.330 e. The van der Waals surface area contributed by atoms with Gasteiger partial charge in [0.25, 0.3) is 35.4 Å². The summed E-state index contributed by atoms with van der Waals surface area (Å²) in [5, 5.41) is 8.69. The van der Waals surface area contributed by atoms with Crippen LogP contribution in [0, 0.1) is 17.8 Å². The van der Waals surface area contributed by atoms with Gasteiger partial charge in [-0.15, -0.1) is 0 Å². The number of carboxylic acid groups (broad SMARTS) is 1. The second kappa shape index (κ2) is 18.3. The number of rotatable bonds is 10. The van der Waals surface area contributed by atoms with E-state index in [4.69, 9.17) is 4.74 Å². The number of halogens is 2. The molecule has 16 heteroatoms. The molecule has 0 saturated carbocycles. The molecule has 4 atom stereocenters. The highest BCUT2D eigenvalue weighted by Crippen LogP contribution is 2.30. The Hall–Kier alpha value is -5.35. The van der Waals surface area contributed by atoms with E-state index >= 15 is 0 Å². The molecule has 3 heterocycles. The molecule has 0 saturated heterocycles. The summed E-state index contributed by atoms with van der Waals surface area (Å²) in [5.41, 5.74) is 1.92. The Morgan fingerprint density at radius 2 is 0.737 bits per heavy atom. The minimum absolute atomic E-state index is 0.140. The van der Waals surface area contributed by atoms with Crippen molar-refractivity contribution in [3.8, 4) is 0 Å². The lowest BCUT2D eigenvalue weighted by molar-refractivity contribution is -0.150. The van der Waals surface area contributed by atoms with Crippen LogP contribution in [0.5, 0.6) is 0 Å². The molecule has 0 radical (unpaired) electrons. The highest BCUT2D eigenvalue weighted by molar-refractivity contribution is 9.18. The SMILES string of the molecule is CC(Br)OC(=O)[C@@H](C(C)C)N1C(=O)c2ccccc2C1=O.CC(C)C(C(=O)Br)N1C(=O)c2ccccc2C1=O.CC(C)[C@H](C(=O)O)N1C(=O)c2ccccc2C1=O. The first kappa shape index (κ1) is 44.4. The molecule has 3 aromatic rings. The Morgan fingerprint density at radius 1 is 0.491 bits per heavy atom. The number of carboxylic acids is 1. The van der Waals surface area contributed by atoms with Crippen LogP contribution >= 0.6 is 31.9 Å². The van der Waals surface area contributed by atoms with Crippen molar-refractivity contribution in [2.45, 2.75) is 71.6 Å². The maximum Gasteiger partial charge on any atom is 0.330 e. The zero-order chi connectivity index (χ0) is 42.6. The summed E-state index contributed by atoms with van der Waals surface area (Å²) in [6.45, 7) is 12.1. The van der Waals surface area contributed by atoms with Gasteiger partial charge in [0, 0.05) is 0 Å². The Kier molecular flexibility index (Phi) is 14.2. The maximum absolute atomic E-state index is 12.4. The van der Waals surface area contributed by atoms with Crippen LogP contribution in [-0.2, 0) is 19.1 Å². The third-order valence-electron chi connectivity index (χ3n) is 9.21. The standard InChI is InChI=1S/C15H16BrNO4.C13H12BrNO3.C13H13NO4/c1-8(2)12(15(20)21-9(3)16)17-13(18)10-6-4-5-7-11(10)14(17)19;1-7(2)10(11(14)16)15-12(17)8-5-3-4-6-9(8)13(15)18;1-7(2)10(13(17)18)14-11(15)8-5-3-4-6-9(8)12(14)16/h4-9,12H,1-3H3;3-7,10H,1-2H3;3-7,10H,1-2H3,(H,17,18)/t9?,12-;;10-/m1.1/s1. The molecule has 6 rings (SSSR count). The molecule has 3 aliphatic rings. The highest BCUT2D eigenvalue weighted by Gasteiger charge is 2.46. The van der Waals surface area contributed by atoms with E-state index in [2.05, 4.69) is 31.9 Å². The average Bonchev–Trinajstić information content (AvgIpc) is 3.64. The van der Waals surface area contributed by atoms with E-state index in [-0.39, 0.29) is 33.6 Å². The number of carbonyl (C=O) groups excluding carboxylic acids is 8. The third kappa shape index (κ3) is 8.96. The van der Waals surface area contributed by atoms with Gasteiger partial charge >= 0.3 is 11.9 Å². The first-order valence-electron chi connectivity index (χ1n) is 17.9. The van der Waals surface area contributed by atoms with Crippen LogP contribution in [0.1, 0.15) is 111 Å². The number of carbonyl (C=O) groups is 9. The molecule has 1 N–H and O–H groups in total. The molecule has 0 bridgehead atoms. The number of nitrogens with zero attached hydrogens (tertiary/aromatic N) is 3. The second-order valence-corrected chi connectivity index (χ2v) is 16.3. The van der Waals surface area contributed by atoms with Gasteiger partial charge in [0.05, 0.1) is 33.4 Å². The van der Waals surface area contributed by atoms with Gasteiger partial charge < -0.3 is 9.84 Å². The maximum atomic E-state index is 12.4. The van der Waals surface area contributed by atoms with E-state index in [9.17, 15) is 48.3 Å². The lowest BCUT2D eigenvalue weighted by atomic mass is 10.0. The zero-order valence-corrected chi connectivity index (χ0v) is 35.3. The molecule has 0 aliphatic carbocycles. The molecule has 2 unspecified atom stereocenters. The molecule has 0 fully saturated rings. The Labute approximate surface area is 345 Å². The van der Waals surface area contributed by atoms with E-state index < -0.39 is 70.5 Å². The summed E-state index contributed by atoms with van der Waals surface area (Å²) in [7, 11) is 0. The number of esters is 1. The first-order chi connectivity index (χ1) is 26.7. The van der Waals surface area contributed by atoms with E-state index in [1.807, 2.05) is 0 Å². The van der Waals surface area contributed by atoms with Gasteiger partial charge in [-0.3, -0.25) is 48.3 Å². The topological polar surface area (TPSA) is 193 Å². The number of hydrogen-bond acceptors (Lipinski definition) is 10. The Balaban J connectivity index is 0.000000190. The molecule has 3 aromatic carbocycles. The molecule has 300 valence electrons. The van der Waals surface area contributed by atoms with Gasteiger partial charge in [0.2, 0.25) is 4.69 Å². The number of benzene rings is 3. The Bertz CT molecular complexity index is 1950. The fourth-order valence-corrected chi connectivity index (χ4v) is 7.56. The largest absolute Gasteiger partial charge is 0.480 e. The van der Waals surface area contributed by atoms with Gasteiger partial charge in [-0.05, 0) is 92.9 Å². The summed E-state index contributed by atoms with van der Waals surface area (Å²) in [5.74, 6) is -5.25. The molecular formula is C41H41Br2N3O11. The van der Waals surface area contributed by atoms with Crippen molar-refractivity contribution >= 4 is 83.9 Å². The van der Waals surface area contributed by atoms with Crippen LogP contribution in [0.25, 0.3) is 0 Å². The van der Waals surface area contributed by atoms with Gasteiger partial charge in [-0.25, -0.2) is 9.59 Å². The van der Waals surface area contributed by atoms with Gasteiger partial charge in [-0.2, -0.15) is 0 Å². The molecule has 0 aromatic heterocycles. The minimum atomic E-state index is -1.17. The second-order valence-electron chi connectivity index (χ2n) is 14.3. The van der Waals surface area contributed by atoms with Gasteiger partial charge in [0.15, 0.2) is 5.01 Å². The fourth-order valence-electron chi connectivity index (χ4n) is 6.64. The highest BCUT2D eigenvalue weighted by atomic mass is 79.9. The summed E-state index contributed by atoms with van der Waals surface area (Å²) >= 11 is 5.99. The van der Waals surface area contributed by atoms with Crippen molar-refractivity contribution in [2.24, 2.45) is 17.8 Å². The van der Waals surface area contributed by atoms with Crippen LogP contribution < -0.4 is 0 Å². The van der Waals surface area contributed by atoms with Crippen molar-refractivity contribution in [1.82, 2.24) is 14.7 Å². The normalized spacial score (nSPS) is 16.4. The molecule has 6 amide bonds. The van der Waals surface area contributed by atoms with Crippen molar-refractivity contribution in [1.29, 1.82) is 0 Å². The first-order valence-corrected chi connectivity index (χ1v) is 19.6. The number of amides is 6. The van der Waals surface area contributed by atoms with Crippen LogP contribution in [0.4, 0.5) is 0 Å². The van der Waals surface area contributed by atoms with Gasteiger partial charge in [0.1, 0.15) is 18.1 Å². The fraction of sp³-hybridized carbons (Fsp3) is 0.341.